The van der Waals surface area contributed by atoms with Crippen molar-refractivity contribution in [1.82, 2.24) is 10.6 Å². The van der Waals surface area contributed by atoms with Crippen molar-refractivity contribution in [2.24, 2.45) is 0 Å². The number of hydrogen-bond donors (Lipinski definition) is 2. The highest BCUT2D eigenvalue weighted by Gasteiger charge is 2.10. The molecule has 0 aliphatic carbocycles. The molecule has 0 aromatic heterocycles. The molecule has 0 atom stereocenters. The van der Waals surface area contributed by atoms with Gasteiger partial charge < -0.3 is 10.6 Å². The third-order valence-corrected chi connectivity index (χ3v) is 3.75. The third kappa shape index (κ3) is 15.4. The van der Waals surface area contributed by atoms with Gasteiger partial charge in [-0.2, -0.15) is 0 Å². The van der Waals surface area contributed by atoms with E-state index in [1.165, 1.54) is 38.5 Å². The zero-order valence-electron chi connectivity index (χ0n) is 15.2. The number of carbonyl (C=O) groups excluding carboxylic acids is 2. The number of hydrogen-bond acceptors (Lipinski definition) is 2. The molecule has 4 heteroatoms. The summed E-state index contributed by atoms with van der Waals surface area (Å²) in [6, 6.07) is 0. The summed E-state index contributed by atoms with van der Waals surface area (Å²) >= 11 is 0. The van der Waals surface area contributed by atoms with Crippen LogP contribution in [-0.2, 0) is 9.59 Å². The fraction of sp³-hybridized carbons (Fsp3) is 0.789. The van der Waals surface area contributed by atoms with Crippen molar-refractivity contribution in [2.75, 3.05) is 13.1 Å². The van der Waals surface area contributed by atoms with Gasteiger partial charge in [0.25, 0.3) is 0 Å². The molecule has 0 spiro atoms. The van der Waals surface area contributed by atoms with Gasteiger partial charge >= 0.3 is 11.8 Å². The standard InChI is InChI=1S/C19H36N2O2/c1-3-5-7-8-9-10-11-12-13-14-15-17-21-19(23)18(22)20-16-6-4-2/h11-12H,3-10,13-17H2,1-2H3,(H,20,22)(H,21,23). The highest BCUT2D eigenvalue weighted by Crippen LogP contribution is 2.06. The summed E-state index contributed by atoms with van der Waals surface area (Å²) in [7, 11) is 0. The maximum absolute atomic E-state index is 11.5. The lowest BCUT2D eigenvalue weighted by atomic mass is 10.1. The van der Waals surface area contributed by atoms with Crippen LogP contribution in [0.2, 0.25) is 0 Å². The second kappa shape index (κ2) is 17.0. The van der Waals surface area contributed by atoms with Gasteiger partial charge in [0.15, 0.2) is 0 Å². The first-order chi connectivity index (χ1) is 11.2. The molecule has 0 saturated carbocycles. The SMILES string of the molecule is CCCCCCCC=CCCCCNC(=O)C(=O)NCCCC. The Morgan fingerprint density at radius 2 is 1.13 bits per heavy atom. The van der Waals surface area contributed by atoms with Crippen LogP contribution in [0.15, 0.2) is 12.2 Å². The molecule has 2 amide bonds. The van der Waals surface area contributed by atoms with Crippen LogP contribution in [0.25, 0.3) is 0 Å². The first-order valence-corrected chi connectivity index (χ1v) is 9.43. The molecule has 0 aromatic rings. The van der Waals surface area contributed by atoms with E-state index in [2.05, 4.69) is 29.7 Å². The predicted octanol–water partition coefficient (Wildman–Crippen LogP) is 4.11. The topological polar surface area (TPSA) is 58.2 Å². The second-order valence-corrected chi connectivity index (χ2v) is 6.04. The molecule has 0 unspecified atom stereocenters. The second-order valence-electron chi connectivity index (χ2n) is 6.04. The Kier molecular flexibility index (Phi) is 16.1. The van der Waals surface area contributed by atoms with Crippen molar-refractivity contribution in [2.45, 2.75) is 84.5 Å². The average Bonchev–Trinajstić information content (AvgIpc) is 2.55. The zero-order chi connectivity index (χ0) is 17.2. The number of carbonyl (C=O) groups is 2. The minimum absolute atomic E-state index is 0.510. The van der Waals surface area contributed by atoms with Gasteiger partial charge in [-0.1, -0.05) is 58.1 Å². The Labute approximate surface area is 142 Å². The van der Waals surface area contributed by atoms with Crippen molar-refractivity contribution in [1.29, 1.82) is 0 Å². The molecule has 4 nitrogen and oxygen atoms in total. The molecule has 23 heavy (non-hydrogen) atoms. The van der Waals surface area contributed by atoms with Crippen LogP contribution in [0.3, 0.4) is 0 Å². The van der Waals surface area contributed by atoms with E-state index in [9.17, 15) is 9.59 Å². The van der Waals surface area contributed by atoms with Crippen molar-refractivity contribution >= 4 is 11.8 Å². The molecule has 0 aromatic carbocycles. The molecular formula is C19H36N2O2. The maximum atomic E-state index is 11.5. The molecule has 0 aliphatic heterocycles. The normalized spacial score (nSPS) is 10.9. The highest BCUT2D eigenvalue weighted by molar-refractivity contribution is 6.35. The van der Waals surface area contributed by atoms with E-state index in [-0.39, 0.29) is 0 Å². The van der Waals surface area contributed by atoms with Crippen molar-refractivity contribution in [3.8, 4) is 0 Å². The Balaban J connectivity index is 3.37. The van der Waals surface area contributed by atoms with E-state index >= 15 is 0 Å². The van der Waals surface area contributed by atoms with Crippen LogP contribution in [0.5, 0.6) is 0 Å². The van der Waals surface area contributed by atoms with Crippen molar-refractivity contribution in [3.63, 3.8) is 0 Å². The Morgan fingerprint density at radius 3 is 1.70 bits per heavy atom. The third-order valence-electron chi connectivity index (χ3n) is 3.75. The van der Waals surface area contributed by atoms with Crippen LogP contribution in [-0.4, -0.2) is 24.9 Å². The summed E-state index contributed by atoms with van der Waals surface area (Å²) < 4.78 is 0. The molecule has 0 rings (SSSR count). The lowest BCUT2D eigenvalue weighted by molar-refractivity contribution is -0.139. The van der Waals surface area contributed by atoms with Gasteiger partial charge in [0.05, 0.1) is 0 Å². The van der Waals surface area contributed by atoms with Crippen molar-refractivity contribution in [3.05, 3.63) is 12.2 Å². The molecule has 0 saturated heterocycles. The summed E-state index contributed by atoms with van der Waals surface area (Å²) in [5, 5.41) is 5.28. The van der Waals surface area contributed by atoms with Crippen LogP contribution in [0.1, 0.15) is 84.5 Å². The first-order valence-electron chi connectivity index (χ1n) is 9.43. The monoisotopic (exact) mass is 324 g/mol. The predicted molar refractivity (Wildman–Crippen MR) is 97.3 cm³/mol. The van der Waals surface area contributed by atoms with Crippen LogP contribution in [0, 0.1) is 0 Å². The summed E-state index contributed by atoms with van der Waals surface area (Å²) in [6.07, 6.45) is 17.2. The van der Waals surface area contributed by atoms with Crippen LogP contribution >= 0.6 is 0 Å². The van der Waals surface area contributed by atoms with Gasteiger partial charge in [0, 0.05) is 13.1 Å². The van der Waals surface area contributed by atoms with Gasteiger partial charge in [-0.15, -0.1) is 0 Å². The van der Waals surface area contributed by atoms with Gasteiger partial charge in [-0.05, 0) is 38.5 Å². The number of allylic oxidation sites excluding steroid dienone is 2. The quantitative estimate of drug-likeness (QED) is 0.287. The minimum atomic E-state index is -0.513. The molecule has 0 heterocycles. The number of nitrogens with one attached hydrogen (secondary N) is 2. The molecule has 0 bridgehead atoms. The summed E-state index contributed by atoms with van der Waals surface area (Å²) in [4.78, 5) is 22.9. The van der Waals surface area contributed by atoms with Gasteiger partial charge in [0.2, 0.25) is 0 Å². The fourth-order valence-corrected chi connectivity index (χ4v) is 2.23. The van der Waals surface area contributed by atoms with Crippen LogP contribution in [0.4, 0.5) is 0 Å². The zero-order valence-corrected chi connectivity index (χ0v) is 15.2. The lowest BCUT2D eigenvalue weighted by Crippen LogP contribution is -2.40. The smallest absolute Gasteiger partial charge is 0.309 e. The van der Waals surface area contributed by atoms with E-state index < -0.39 is 11.8 Å². The molecular weight excluding hydrogens is 288 g/mol. The van der Waals surface area contributed by atoms with Crippen LogP contribution < -0.4 is 10.6 Å². The van der Waals surface area contributed by atoms with Gasteiger partial charge in [0.1, 0.15) is 0 Å². The van der Waals surface area contributed by atoms with E-state index in [1.54, 1.807) is 0 Å². The largest absolute Gasteiger partial charge is 0.348 e. The Bertz CT molecular complexity index is 327. The highest BCUT2D eigenvalue weighted by atomic mass is 16.2. The van der Waals surface area contributed by atoms with Gasteiger partial charge in [-0.25, -0.2) is 0 Å². The first kappa shape index (κ1) is 21.7. The molecule has 0 fully saturated rings. The molecule has 2 N–H and O–H groups in total. The number of unbranched alkanes of at least 4 members (excludes halogenated alkanes) is 8. The molecule has 0 radical (unpaired) electrons. The number of rotatable bonds is 14. The van der Waals surface area contributed by atoms with E-state index in [0.29, 0.717) is 13.1 Å². The van der Waals surface area contributed by atoms with E-state index in [0.717, 1.165) is 32.1 Å². The minimum Gasteiger partial charge on any atom is -0.348 e. The number of amides is 2. The Morgan fingerprint density at radius 1 is 0.652 bits per heavy atom. The van der Waals surface area contributed by atoms with Crippen molar-refractivity contribution < 1.29 is 9.59 Å². The average molecular weight is 325 g/mol. The molecule has 0 aliphatic rings. The summed E-state index contributed by atoms with van der Waals surface area (Å²) in [6.45, 7) is 5.44. The molecule has 134 valence electrons. The van der Waals surface area contributed by atoms with E-state index in [1.807, 2.05) is 6.92 Å². The maximum Gasteiger partial charge on any atom is 0.309 e. The lowest BCUT2D eigenvalue weighted by Gasteiger charge is -2.05. The fourth-order valence-electron chi connectivity index (χ4n) is 2.23. The van der Waals surface area contributed by atoms with Gasteiger partial charge in [-0.3, -0.25) is 9.59 Å². The van der Waals surface area contributed by atoms with E-state index in [4.69, 9.17) is 0 Å². The Hall–Kier alpha value is -1.32. The summed E-state index contributed by atoms with van der Waals surface area (Å²) in [5.74, 6) is -1.02. The summed E-state index contributed by atoms with van der Waals surface area (Å²) in [5.41, 5.74) is 0.